The van der Waals surface area contributed by atoms with Gasteiger partial charge in [-0.1, -0.05) is 30.3 Å². The van der Waals surface area contributed by atoms with E-state index >= 15 is 0 Å². The van der Waals surface area contributed by atoms with Crippen molar-refractivity contribution >= 4 is 40.0 Å². The van der Waals surface area contributed by atoms with Crippen molar-refractivity contribution in [1.29, 1.82) is 0 Å². The van der Waals surface area contributed by atoms with Crippen LogP contribution in [0.15, 0.2) is 102 Å². The maximum atomic E-state index is 13.6. The van der Waals surface area contributed by atoms with Crippen molar-refractivity contribution < 1.29 is 23.9 Å². The molecule has 9 rings (SSSR count). The van der Waals surface area contributed by atoms with Crippen molar-refractivity contribution in [2.45, 2.75) is 69.9 Å². The molecule has 0 bridgehead atoms. The van der Waals surface area contributed by atoms with Gasteiger partial charge in [-0.05, 0) is 104 Å². The molecule has 1 aromatic heterocycles. The molecule has 1 atom stereocenters. The number of nitrogens with zero attached hydrogens (tertiary/aromatic N) is 5. The molecule has 3 saturated heterocycles. The third-order valence-corrected chi connectivity index (χ3v) is 11.6. The van der Waals surface area contributed by atoms with Gasteiger partial charge in [0.2, 0.25) is 11.8 Å². The number of carbonyl (C=O) groups is 3. The Bertz CT molecular complexity index is 2330. The smallest absolute Gasteiger partial charge is 0.265 e. The fourth-order valence-electron chi connectivity index (χ4n) is 8.47. The zero-order chi connectivity index (χ0) is 38.2. The highest BCUT2D eigenvalue weighted by Crippen LogP contribution is 2.33. The molecular formula is C44H44N6O6. The van der Waals surface area contributed by atoms with E-state index in [9.17, 15) is 19.2 Å². The Hall–Kier alpha value is -6.01. The van der Waals surface area contributed by atoms with E-state index in [1.165, 1.54) is 0 Å². The van der Waals surface area contributed by atoms with Crippen molar-refractivity contribution in [2.24, 2.45) is 0 Å². The second-order valence-corrected chi connectivity index (χ2v) is 15.1. The van der Waals surface area contributed by atoms with Gasteiger partial charge in [0.15, 0.2) is 0 Å². The molecule has 4 aliphatic rings. The molecule has 0 saturated carbocycles. The van der Waals surface area contributed by atoms with E-state index in [0.29, 0.717) is 41.8 Å². The number of carbonyl (C=O) groups excluding carboxylic acids is 3. The highest BCUT2D eigenvalue weighted by Gasteiger charge is 2.39. The Kier molecular flexibility index (Phi) is 9.72. The molecule has 3 amide bonds. The molecule has 1 N–H and O–H groups in total. The Labute approximate surface area is 324 Å². The van der Waals surface area contributed by atoms with Crippen molar-refractivity contribution in [2.75, 3.05) is 36.0 Å². The molecule has 4 aliphatic heterocycles. The topological polar surface area (TPSA) is 126 Å². The summed E-state index contributed by atoms with van der Waals surface area (Å²) in [5, 5.41) is 2.88. The van der Waals surface area contributed by atoms with E-state index in [4.69, 9.17) is 9.47 Å². The van der Waals surface area contributed by atoms with E-state index < -0.39 is 6.04 Å². The second-order valence-electron chi connectivity index (χ2n) is 15.1. The van der Waals surface area contributed by atoms with Crippen LogP contribution in [0.2, 0.25) is 0 Å². The zero-order valence-electron chi connectivity index (χ0n) is 31.1. The fourth-order valence-corrected chi connectivity index (χ4v) is 8.47. The summed E-state index contributed by atoms with van der Waals surface area (Å²) in [6.07, 6.45) is 6.40. The van der Waals surface area contributed by atoms with Crippen LogP contribution in [0.5, 0.6) is 5.75 Å². The van der Waals surface area contributed by atoms with Gasteiger partial charge in [0.25, 0.3) is 11.5 Å². The molecule has 0 spiro atoms. The quantitative estimate of drug-likeness (QED) is 0.198. The molecule has 286 valence electrons. The molecule has 0 aliphatic carbocycles. The number of fused-ring (bicyclic) bond motifs is 2. The van der Waals surface area contributed by atoms with Crippen molar-refractivity contribution in [3.05, 3.63) is 124 Å². The molecule has 56 heavy (non-hydrogen) atoms. The van der Waals surface area contributed by atoms with Crippen LogP contribution in [0.1, 0.15) is 60.0 Å². The highest BCUT2D eigenvalue weighted by molar-refractivity contribution is 6.05. The van der Waals surface area contributed by atoms with Crippen molar-refractivity contribution in [3.8, 4) is 11.4 Å². The SMILES string of the molecule is O=C1CCC(N2Cc3cc(N4CCC(OC5CCN(c6ccc(-n7cnc8ccc(OCc9ccccc9)cc8c7=O)cc6)CC5)CC4)ccc3C2=O)C(=O)N1. The number of rotatable bonds is 9. The standard InChI is InChI=1S/C44H44N6O6/c51-41-15-14-40(42(52)46-41)49-26-30-24-33(10-12-37(30)43(49)53)48-22-18-35(19-23-48)56-34-16-20-47(21-17-34)31-6-8-32(9-7-31)50-28-45-39-13-11-36(25-38(39)44(50)54)55-27-29-4-2-1-3-5-29/h1-13,24-25,28,34-35,40H,14-23,26-27H2,(H,46,51,52). The largest absolute Gasteiger partial charge is 0.489 e. The number of anilines is 2. The first-order chi connectivity index (χ1) is 27.4. The zero-order valence-corrected chi connectivity index (χ0v) is 31.1. The minimum absolute atomic E-state index is 0.140. The van der Waals surface area contributed by atoms with Crippen LogP contribution in [-0.2, 0) is 27.5 Å². The number of hydrogen-bond acceptors (Lipinski definition) is 9. The summed E-state index contributed by atoms with van der Waals surface area (Å²) in [7, 11) is 0. The summed E-state index contributed by atoms with van der Waals surface area (Å²) >= 11 is 0. The molecule has 12 heteroatoms. The molecule has 5 aromatic rings. The van der Waals surface area contributed by atoms with Crippen molar-refractivity contribution in [3.63, 3.8) is 0 Å². The number of benzene rings is 4. The Balaban J connectivity index is 0.758. The van der Waals surface area contributed by atoms with Gasteiger partial charge in [-0.2, -0.15) is 0 Å². The molecule has 4 aromatic carbocycles. The van der Waals surface area contributed by atoms with E-state index in [0.717, 1.165) is 80.1 Å². The minimum Gasteiger partial charge on any atom is -0.489 e. The van der Waals surface area contributed by atoms with Gasteiger partial charge in [0, 0.05) is 56.1 Å². The molecule has 12 nitrogen and oxygen atoms in total. The lowest BCUT2D eigenvalue weighted by Crippen LogP contribution is -2.52. The Morgan fingerprint density at radius 3 is 2.11 bits per heavy atom. The Morgan fingerprint density at radius 1 is 0.714 bits per heavy atom. The molecule has 1 unspecified atom stereocenters. The van der Waals surface area contributed by atoms with Crippen LogP contribution >= 0.6 is 0 Å². The first kappa shape index (κ1) is 35.7. The summed E-state index contributed by atoms with van der Waals surface area (Å²) in [5.41, 5.74) is 6.07. The molecular weight excluding hydrogens is 709 g/mol. The number of ether oxygens (including phenoxy) is 2. The molecule has 0 radical (unpaired) electrons. The van der Waals surface area contributed by atoms with E-state index in [1.54, 1.807) is 21.9 Å². The fraction of sp³-hybridized carbons (Fsp3) is 0.341. The van der Waals surface area contributed by atoms with Crippen LogP contribution in [0.4, 0.5) is 11.4 Å². The summed E-state index contributed by atoms with van der Waals surface area (Å²) in [4.78, 5) is 61.6. The number of piperidine rings is 3. The third kappa shape index (κ3) is 7.24. The van der Waals surface area contributed by atoms with Crippen LogP contribution in [-0.4, -0.2) is 76.6 Å². The predicted molar refractivity (Wildman–Crippen MR) is 212 cm³/mol. The summed E-state index contributed by atoms with van der Waals surface area (Å²) in [5.74, 6) is -0.190. The number of nitrogens with one attached hydrogen (secondary N) is 1. The Morgan fingerprint density at radius 2 is 1.39 bits per heavy atom. The second kappa shape index (κ2) is 15.3. The van der Waals surface area contributed by atoms with Gasteiger partial charge in [-0.25, -0.2) is 4.98 Å². The highest BCUT2D eigenvalue weighted by atomic mass is 16.5. The van der Waals surface area contributed by atoms with Gasteiger partial charge >= 0.3 is 0 Å². The number of imide groups is 1. The van der Waals surface area contributed by atoms with Gasteiger partial charge in [-0.15, -0.1) is 0 Å². The lowest BCUT2D eigenvalue weighted by Gasteiger charge is -2.38. The summed E-state index contributed by atoms with van der Waals surface area (Å²) in [6, 6.07) is 28.8. The number of hydrogen-bond donors (Lipinski definition) is 1. The average molecular weight is 753 g/mol. The normalized spacial score (nSPS) is 19.4. The monoisotopic (exact) mass is 752 g/mol. The van der Waals surface area contributed by atoms with E-state index in [1.807, 2.05) is 66.7 Å². The van der Waals surface area contributed by atoms with Crippen LogP contribution in [0.3, 0.4) is 0 Å². The first-order valence-electron chi connectivity index (χ1n) is 19.6. The van der Waals surface area contributed by atoms with E-state index in [2.05, 4.69) is 38.3 Å². The van der Waals surface area contributed by atoms with Gasteiger partial charge < -0.3 is 24.2 Å². The molecule has 3 fully saturated rings. The summed E-state index contributed by atoms with van der Waals surface area (Å²) < 4.78 is 14.2. The lowest BCUT2D eigenvalue weighted by molar-refractivity contribution is -0.136. The predicted octanol–water partition coefficient (Wildman–Crippen LogP) is 5.38. The van der Waals surface area contributed by atoms with Crippen LogP contribution < -0.4 is 25.4 Å². The van der Waals surface area contributed by atoms with Crippen LogP contribution in [0, 0.1) is 0 Å². The lowest BCUT2D eigenvalue weighted by atomic mass is 10.0. The maximum Gasteiger partial charge on any atom is 0.265 e. The maximum absolute atomic E-state index is 13.6. The van der Waals surface area contributed by atoms with Gasteiger partial charge in [-0.3, -0.25) is 29.1 Å². The summed E-state index contributed by atoms with van der Waals surface area (Å²) in [6.45, 7) is 4.35. The van der Waals surface area contributed by atoms with Gasteiger partial charge in [0.1, 0.15) is 24.7 Å². The third-order valence-electron chi connectivity index (χ3n) is 11.6. The average Bonchev–Trinajstić information content (AvgIpc) is 3.56. The van der Waals surface area contributed by atoms with E-state index in [-0.39, 0.29) is 41.9 Å². The van der Waals surface area contributed by atoms with Crippen molar-refractivity contribution in [1.82, 2.24) is 19.8 Å². The van der Waals surface area contributed by atoms with Gasteiger partial charge in [0.05, 0.1) is 28.8 Å². The van der Waals surface area contributed by atoms with Crippen LogP contribution in [0.25, 0.3) is 16.6 Å². The first-order valence-corrected chi connectivity index (χ1v) is 19.6. The number of amides is 3. The number of aromatic nitrogens is 2. The molecule has 5 heterocycles. The minimum atomic E-state index is -0.607.